The van der Waals surface area contributed by atoms with Crippen molar-refractivity contribution in [3.05, 3.63) is 33.9 Å². The third-order valence-electron chi connectivity index (χ3n) is 3.22. The molecule has 2 aromatic rings. The van der Waals surface area contributed by atoms with E-state index < -0.39 is 0 Å². The van der Waals surface area contributed by atoms with Gasteiger partial charge in [0.1, 0.15) is 5.52 Å². The van der Waals surface area contributed by atoms with Gasteiger partial charge in [0.05, 0.1) is 16.7 Å². The van der Waals surface area contributed by atoms with Gasteiger partial charge in [-0.05, 0) is 51.1 Å². The molecule has 0 bridgehead atoms. The molecule has 5 heteroatoms. The number of unbranched alkanes of at least 4 members (excludes halogenated alkanes) is 1. The molecule has 114 valence electrons. The van der Waals surface area contributed by atoms with E-state index in [2.05, 4.69) is 17.2 Å². The zero-order valence-corrected chi connectivity index (χ0v) is 13.9. The lowest BCUT2D eigenvalue weighted by atomic mass is 10.2. The first-order valence-electron chi connectivity index (χ1n) is 7.22. The summed E-state index contributed by atoms with van der Waals surface area (Å²) in [6, 6.07) is 5.60. The van der Waals surface area contributed by atoms with Crippen LogP contribution in [0.15, 0.2) is 18.2 Å². The molecule has 0 unspecified atom stereocenters. The van der Waals surface area contributed by atoms with Crippen molar-refractivity contribution in [3.8, 4) is 5.75 Å². The molecule has 1 aromatic heterocycles. The van der Waals surface area contributed by atoms with Gasteiger partial charge in [0.15, 0.2) is 5.75 Å². The molecule has 0 aliphatic carbocycles. The number of nitrogens with zero attached hydrogens (tertiary/aromatic N) is 1. The van der Waals surface area contributed by atoms with Gasteiger partial charge >= 0.3 is 0 Å². The van der Waals surface area contributed by atoms with Gasteiger partial charge in [-0.2, -0.15) is 0 Å². The van der Waals surface area contributed by atoms with Crippen molar-refractivity contribution in [1.82, 2.24) is 10.3 Å². The van der Waals surface area contributed by atoms with E-state index in [1.54, 1.807) is 6.07 Å². The fourth-order valence-corrected chi connectivity index (χ4v) is 2.70. The molecule has 21 heavy (non-hydrogen) atoms. The molecule has 0 spiro atoms. The van der Waals surface area contributed by atoms with Crippen molar-refractivity contribution < 1.29 is 4.74 Å². The van der Waals surface area contributed by atoms with Crippen LogP contribution in [0.4, 0.5) is 0 Å². The first-order chi connectivity index (χ1) is 10.1. The molecule has 0 radical (unpaired) electrons. The lowest BCUT2D eigenvalue weighted by molar-refractivity contribution is 0.309. The smallest absolute Gasteiger partial charge is 0.164 e. The minimum atomic E-state index is 0.511. The van der Waals surface area contributed by atoms with E-state index in [1.165, 1.54) is 0 Å². The van der Waals surface area contributed by atoms with E-state index in [0.29, 0.717) is 22.4 Å². The maximum absolute atomic E-state index is 6.26. The summed E-state index contributed by atoms with van der Waals surface area (Å²) in [5.41, 5.74) is 1.65. The van der Waals surface area contributed by atoms with Crippen molar-refractivity contribution in [2.75, 3.05) is 19.7 Å². The summed E-state index contributed by atoms with van der Waals surface area (Å²) < 4.78 is 5.86. The maximum Gasteiger partial charge on any atom is 0.164 e. The zero-order chi connectivity index (χ0) is 15.2. The van der Waals surface area contributed by atoms with Crippen molar-refractivity contribution >= 4 is 34.1 Å². The number of hydrogen-bond donors (Lipinski definition) is 1. The summed E-state index contributed by atoms with van der Waals surface area (Å²) >= 11 is 12.5. The Labute approximate surface area is 135 Å². The number of hydrogen-bond acceptors (Lipinski definition) is 3. The Morgan fingerprint density at radius 1 is 1.19 bits per heavy atom. The second kappa shape index (κ2) is 7.83. The highest BCUT2D eigenvalue weighted by Crippen LogP contribution is 2.37. The number of aromatic nitrogens is 1. The summed E-state index contributed by atoms with van der Waals surface area (Å²) in [4.78, 5) is 4.52. The number of nitrogens with one attached hydrogen (secondary N) is 1. The van der Waals surface area contributed by atoms with Crippen LogP contribution in [-0.2, 0) is 0 Å². The van der Waals surface area contributed by atoms with Gasteiger partial charge in [-0.3, -0.25) is 0 Å². The molecular weight excluding hydrogens is 307 g/mol. The van der Waals surface area contributed by atoms with Gasteiger partial charge in [0.2, 0.25) is 0 Å². The predicted octanol–water partition coefficient (Wildman–Crippen LogP) is 4.62. The number of benzene rings is 1. The molecule has 0 amide bonds. The summed E-state index contributed by atoms with van der Waals surface area (Å²) in [7, 11) is 0. The van der Waals surface area contributed by atoms with Crippen LogP contribution in [-0.4, -0.2) is 24.7 Å². The quantitative estimate of drug-likeness (QED) is 0.754. The zero-order valence-electron chi connectivity index (χ0n) is 12.4. The third kappa shape index (κ3) is 4.22. The van der Waals surface area contributed by atoms with Crippen molar-refractivity contribution in [2.45, 2.75) is 26.7 Å². The summed E-state index contributed by atoms with van der Waals surface area (Å²) in [5, 5.41) is 5.27. The van der Waals surface area contributed by atoms with E-state index in [0.717, 1.165) is 42.5 Å². The second-order valence-corrected chi connectivity index (χ2v) is 5.74. The molecule has 1 aromatic carbocycles. The van der Waals surface area contributed by atoms with E-state index >= 15 is 0 Å². The highest BCUT2D eigenvalue weighted by atomic mass is 35.5. The van der Waals surface area contributed by atoms with Gasteiger partial charge in [-0.25, -0.2) is 4.98 Å². The predicted molar refractivity (Wildman–Crippen MR) is 89.8 cm³/mol. The molecule has 0 aliphatic rings. The first-order valence-corrected chi connectivity index (χ1v) is 7.98. The summed E-state index contributed by atoms with van der Waals surface area (Å²) in [6.07, 6.45) is 2.04. The van der Waals surface area contributed by atoms with E-state index in [1.807, 2.05) is 19.1 Å². The number of ether oxygens (including phenoxy) is 1. The molecule has 1 heterocycles. The SMILES string of the molecule is CCNCCCCOc1c(Cl)cc(Cl)c2ccc(C)nc12. The Bertz CT molecular complexity index is 617. The Balaban J connectivity index is 2.13. The summed E-state index contributed by atoms with van der Waals surface area (Å²) in [6.45, 7) is 6.67. The van der Waals surface area contributed by atoms with Gasteiger partial charge in [0.25, 0.3) is 0 Å². The molecule has 0 saturated carbocycles. The van der Waals surface area contributed by atoms with Gasteiger partial charge in [-0.1, -0.05) is 30.1 Å². The molecule has 3 nitrogen and oxygen atoms in total. The van der Waals surface area contributed by atoms with Gasteiger partial charge in [-0.15, -0.1) is 0 Å². The monoisotopic (exact) mass is 326 g/mol. The highest BCUT2D eigenvalue weighted by Gasteiger charge is 2.13. The number of pyridine rings is 1. The molecule has 0 aliphatic heterocycles. The number of halogens is 2. The van der Waals surface area contributed by atoms with E-state index in [-0.39, 0.29) is 0 Å². The third-order valence-corrected chi connectivity index (χ3v) is 3.81. The van der Waals surface area contributed by atoms with Crippen LogP contribution in [0.2, 0.25) is 10.0 Å². The van der Waals surface area contributed by atoms with Crippen LogP contribution in [0, 0.1) is 6.92 Å². The van der Waals surface area contributed by atoms with E-state index in [4.69, 9.17) is 27.9 Å². The fraction of sp³-hybridized carbons (Fsp3) is 0.438. The molecule has 2 rings (SSSR count). The maximum atomic E-state index is 6.26. The Kier molecular flexibility index (Phi) is 6.09. The molecule has 1 N–H and O–H groups in total. The fourth-order valence-electron chi connectivity index (χ4n) is 2.13. The molecular formula is C16H20Cl2N2O. The van der Waals surface area contributed by atoms with Crippen LogP contribution in [0.1, 0.15) is 25.5 Å². The van der Waals surface area contributed by atoms with Crippen LogP contribution in [0.3, 0.4) is 0 Å². The standard InChI is InChI=1S/C16H20Cl2N2O/c1-3-19-8-4-5-9-21-16-14(18)10-13(17)12-7-6-11(2)20-15(12)16/h6-7,10,19H,3-5,8-9H2,1-2H3. The highest BCUT2D eigenvalue weighted by molar-refractivity contribution is 6.39. The van der Waals surface area contributed by atoms with Crippen molar-refractivity contribution in [1.29, 1.82) is 0 Å². The Hall–Kier alpha value is -1.03. The number of rotatable bonds is 7. The first kappa shape index (κ1) is 16.3. The molecule has 0 atom stereocenters. The number of aryl methyl sites for hydroxylation is 1. The van der Waals surface area contributed by atoms with Crippen LogP contribution in [0.25, 0.3) is 10.9 Å². The average molecular weight is 327 g/mol. The number of fused-ring (bicyclic) bond motifs is 1. The van der Waals surface area contributed by atoms with E-state index in [9.17, 15) is 0 Å². The normalized spacial score (nSPS) is 11.0. The second-order valence-electron chi connectivity index (χ2n) is 4.93. The Morgan fingerprint density at radius 2 is 2.00 bits per heavy atom. The van der Waals surface area contributed by atoms with Crippen molar-refractivity contribution in [2.24, 2.45) is 0 Å². The minimum Gasteiger partial charge on any atom is -0.490 e. The lowest BCUT2D eigenvalue weighted by Gasteiger charge is -2.12. The molecule has 0 fully saturated rings. The Morgan fingerprint density at radius 3 is 2.76 bits per heavy atom. The minimum absolute atomic E-state index is 0.511. The van der Waals surface area contributed by atoms with Crippen molar-refractivity contribution in [3.63, 3.8) is 0 Å². The largest absolute Gasteiger partial charge is 0.490 e. The van der Waals surface area contributed by atoms with Crippen LogP contribution >= 0.6 is 23.2 Å². The average Bonchev–Trinajstić information content (AvgIpc) is 2.45. The topological polar surface area (TPSA) is 34.1 Å². The van der Waals surface area contributed by atoms with Gasteiger partial charge in [0, 0.05) is 11.1 Å². The summed E-state index contributed by atoms with van der Waals surface area (Å²) in [5.74, 6) is 0.628. The lowest BCUT2D eigenvalue weighted by Crippen LogP contribution is -2.14. The van der Waals surface area contributed by atoms with Gasteiger partial charge < -0.3 is 10.1 Å². The molecule has 0 saturated heterocycles. The van der Waals surface area contributed by atoms with Crippen LogP contribution < -0.4 is 10.1 Å². The van der Waals surface area contributed by atoms with Crippen LogP contribution in [0.5, 0.6) is 5.75 Å².